The van der Waals surface area contributed by atoms with E-state index in [1.807, 2.05) is 6.92 Å². The van der Waals surface area contributed by atoms with Crippen molar-refractivity contribution in [3.05, 3.63) is 18.2 Å². The fourth-order valence-electron chi connectivity index (χ4n) is 2.66. The summed E-state index contributed by atoms with van der Waals surface area (Å²) in [5.41, 5.74) is 0.426. The smallest absolute Gasteiger partial charge is 0.307 e. The molecule has 1 aliphatic heterocycles. The largest absolute Gasteiger partial charge is 0.487 e. The SMILES string of the molecule is CCOC(=O)CCN(C)S(=O)(=O)c1ccc2c(c1)N(C(C)=O)CC(C)O2. The average molecular weight is 384 g/mol. The summed E-state index contributed by atoms with van der Waals surface area (Å²) in [5.74, 6) is -0.177. The average Bonchev–Trinajstić information content (AvgIpc) is 2.58. The molecule has 1 aromatic carbocycles. The number of amides is 1. The molecule has 0 aromatic heterocycles. The Morgan fingerprint density at radius 1 is 1.38 bits per heavy atom. The molecule has 1 unspecified atom stereocenters. The number of carbonyl (C=O) groups excluding carboxylic acids is 2. The minimum Gasteiger partial charge on any atom is -0.487 e. The minimum absolute atomic E-state index is 0.00219. The molecule has 8 nitrogen and oxygen atoms in total. The molecule has 0 spiro atoms. The van der Waals surface area contributed by atoms with Crippen LogP contribution in [0.5, 0.6) is 5.75 Å². The van der Waals surface area contributed by atoms with Crippen LogP contribution in [0.2, 0.25) is 0 Å². The van der Waals surface area contributed by atoms with Gasteiger partial charge in [0.1, 0.15) is 11.9 Å². The third kappa shape index (κ3) is 4.34. The molecule has 144 valence electrons. The normalized spacial score (nSPS) is 16.8. The molecule has 2 rings (SSSR count). The van der Waals surface area contributed by atoms with E-state index in [1.165, 1.54) is 31.0 Å². The van der Waals surface area contributed by atoms with E-state index in [0.29, 0.717) is 18.0 Å². The molecule has 0 saturated carbocycles. The summed E-state index contributed by atoms with van der Waals surface area (Å²) in [6.07, 6.45) is -0.213. The molecule has 1 heterocycles. The Kier molecular flexibility index (Phi) is 6.25. The van der Waals surface area contributed by atoms with Crippen LogP contribution in [0.25, 0.3) is 0 Å². The molecular formula is C17H24N2O6S. The predicted octanol–water partition coefficient (Wildman–Crippen LogP) is 1.39. The van der Waals surface area contributed by atoms with E-state index >= 15 is 0 Å². The first-order chi connectivity index (χ1) is 12.2. The van der Waals surface area contributed by atoms with Crippen LogP contribution in [0, 0.1) is 0 Å². The minimum atomic E-state index is -3.81. The number of ether oxygens (including phenoxy) is 2. The predicted molar refractivity (Wildman–Crippen MR) is 95.6 cm³/mol. The highest BCUT2D eigenvalue weighted by Crippen LogP contribution is 2.36. The van der Waals surface area contributed by atoms with Crippen molar-refractivity contribution in [1.82, 2.24) is 4.31 Å². The monoisotopic (exact) mass is 384 g/mol. The Bertz CT molecular complexity index is 792. The van der Waals surface area contributed by atoms with Gasteiger partial charge < -0.3 is 14.4 Å². The number of fused-ring (bicyclic) bond motifs is 1. The molecule has 0 aliphatic carbocycles. The summed E-state index contributed by atoms with van der Waals surface area (Å²) in [6.45, 7) is 5.56. The first-order valence-electron chi connectivity index (χ1n) is 8.37. The topological polar surface area (TPSA) is 93.2 Å². The third-order valence-corrected chi connectivity index (χ3v) is 5.87. The van der Waals surface area contributed by atoms with Crippen LogP contribution in [0.1, 0.15) is 27.2 Å². The molecule has 0 N–H and O–H groups in total. The summed E-state index contributed by atoms with van der Waals surface area (Å²) in [7, 11) is -2.42. The molecule has 1 aliphatic rings. The van der Waals surface area contributed by atoms with Crippen molar-refractivity contribution in [1.29, 1.82) is 0 Å². The Morgan fingerprint density at radius 3 is 2.69 bits per heavy atom. The maximum absolute atomic E-state index is 12.8. The van der Waals surface area contributed by atoms with E-state index in [4.69, 9.17) is 9.47 Å². The van der Waals surface area contributed by atoms with Gasteiger partial charge in [-0.2, -0.15) is 0 Å². The number of carbonyl (C=O) groups is 2. The van der Waals surface area contributed by atoms with Crippen molar-refractivity contribution in [2.45, 2.75) is 38.2 Å². The van der Waals surface area contributed by atoms with Gasteiger partial charge in [-0.3, -0.25) is 9.59 Å². The zero-order chi connectivity index (χ0) is 19.5. The molecule has 1 aromatic rings. The number of anilines is 1. The quantitative estimate of drug-likeness (QED) is 0.688. The number of hydrogen-bond donors (Lipinski definition) is 0. The highest BCUT2D eigenvalue weighted by Gasteiger charge is 2.29. The van der Waals surface area contributed by atoms with Crippen molar-refractivity contribution in [3.8, 4) is 5.75 Å². The summed E-state index contributed by atoms with van der Waals surface area (Å²) >= 11 is 0. The number of sulfonamides is 1. The molecule has 1 atom stereocenters. The lowest BCUT2D eigenvalue weighted by Gasteiger charge is -2.33. The lowest BCUT2D eigenvalue weighted by Crippen LogP contribution is -2.41. The van der Waals surface area contributed by atoms with E-state index in [1.54, 1.807) is 13.0 Å². The van der Waals surface area contributed by atoms with Crippen molar-refractivity contribution in [2.75, 3.05) is 31.6 Å². The van der Waals surface area contributed by atoms with Crippen LogP contribution in [-0.2, 0) is 24.3 Å². The van der Waals surface area contributed by atoms with Crippen molar-refractivity contribution in [2.24, 2.45) is 0 Å². The fraction of sp³-hybridized carbons (Fsp3) is 0.529. The van der Waals surface area contributed by atoms with Gasteiger partial charge in [-0.05, 0) is 32.0 Å². The third-order valence-electron chi connectivity index (χ3n) is 4.01. The van der Waals surface area contributed by atoms with Gasteiger partial charge in [0.05, 0.1) is 30.2 Å². The number of rotatable bonds is 6. The number of benzene rings is 1. The van der Waals surface area contributed by atoms with Gasteiger partial charge in [0.2, 0.25) is 15.9 Å². The molecule has 0 fully saturated rings. The molecule has 1 amide bonds. The highest BCUT2D eigenvalue weighted by atomic mass is 32.2. The van der Waals surface area contributed by atoms with E-state index in [-0.39, 0.29) is 36.5 Å². The van der Waals surface area contributed by atoms with Crippen LogP contribution >= 0.6 is 0 Å². The van der Waals surface area contributed by atoms with Crippen molar-refractivity contribution < 1.29 is 27.5 Å². The number of esters is 1. The first kappa shape index (κ1) is 20.2. The van der Waals surface area contributed by atoms with Crippen molar-refractivity contribution >= 4 is 27.6 Å². The first-order valence-corrected chi connectivity index (χ1v) is 9.81. The standard InChI is InChI=1S/C17H24N2O6S/c1-5-24-17(21)8-9-18(4)26(22,23)14-6-7-16-15(10-14)19(13(3)20)11-12(2)25-16/h6-7,10,12H,5,8-9,11H2,1-4H3. The summed E-state index contributed by atoms with van der Waals surface area (Å²) in [6, 6.07) is 4.41. The second kappa shape index (κ2) is 8.05. The Morgan fingerprint density at radius 2 is 2.08 bits per heavy atom. The molecule has 0 radical (unpaired) electrons. The van der Waals surface area contributed by atoms with Crippen LogP contribution in [-0.4, -0.2) is 57.4 Å². The maximum Gasteiger partial charge on any atom is 0.307 e. The van der Waals surface area contributed by atoms with Gasteiger partial charge in [0.15, 0.2) is 0 Å². The van der Waals surface area contributed by atoms with Crippen molar-refractivity contribution in [3.63, 3.8) is 0 Å². The summed E-state index contributed by atoms with van der Waals surface area (Å²) < 4.78 is 37.1. The van der Waals surface area contributed by atoms with Crippen LogP contribution in [0.4, 0.5) is 5.69 Å². The van der Waals surface area contributed by atoms with Gasteiger partial charge >= 0.3 is 5.97 Å². The fourth-order valence-corrected chi connectivity index (χ4v) is 3.85. The Balaban J connectivity index is 2.26. The van der Waals surface area contributed by atoms with Gasteiger partial charge in [0.25, 0.3) is 0 Å². The van der Waals surface area contributed by atoms with Crippen LogP contribution in [0.3, 0.4) is 0 Å². The van der Waals surface area contributed by atoms with Gasteiger partial charge in [-0.25, -0.2) is 12.7 Å². The summed E-state index contributed by atoms with van der Waals surface area (Å²) in [5, 5.41) is 0. The van der Waals surface area contributed by atoms with Gasteiger partial charge in [-0.1, -0.05) is 0 Å². The van der Waals surface area contributed by atoms with Crippen LogP contribution in [0.15, 0.2) is 23.1 Å². The van der Waals surface area contributed by atoms with E-state index < -0.39 is 16.0 Å². The zero-order valence-electron chi connectivity index (χ0n) is 15.4. The van der Waals surface area contributed by atoms with E-state index in [2.05, 4.69) is 0 Å². The molecule has 0 saturated heterocycles. The zero-order valence-corrected chi connectivity index (χ0v) is 16.2. The van der Waals surface area contributed by atoms with Gasteiger partial charge in [0, 0.05) is 20.5 Å². The molecular weight excluding hydrogens is 360 g/mol. The lowest BCUT2D eigenvalue weighted by molar-refractivity contribution is -0.143. The lowest BCUT2D eigenvalue weighted by atomic mass is 10.2. The Labute approximate surface area is 153 Å². The van der Waals surface area contributed by atoms with Gasteiger partial charge in [-0.15, -0.1) is 0 Å². The van der Waals surface area contributed by atoms with E-state index in [0.717, 1.165) is 4.31 Å². The van der Waals surface area contributed by atoms with Crippen LogP contribution < -0.4 is 9.64 Å². The maximum atomic E-state index is 12.8. The highest BCUT2D eigenvalue weighted by molar-refractivity contribution is 7.89. The second-order valence-corrected chi connectivity index (χ2v) is 8.11. The number of nitrogens with zero attached hydrogens (tertiary/aromatic N) is 2. The Hall–Kier alpha value is -2.13. The second-order valence-electron chi connectivity index (χ2n) is 6.07. The molecule has 9 heteroatoms. The van der Waals surface area contributed by atoms with E-state index in [9.17, 15) is 18.0 Å². The number of hydrogen-bond acceptors (Lipinski definition) is 6. The summed E-state index contributed by atoms with van der Waals surface area (Å²) in [4.78, 5) is 24.9. The molecule has 26 heavy (non-hydrogen) atoms. The molecule has 0 bridgehead atoms.